The highest BCUT2D eigenvalue weighted by Crippen LogP contribution is 2.70. The van der Waals surface area contributed by atoms with Crippen LogP contribution < -0.4 is 0 Å². The van der Waals surface area contributed by atoms with Crippen LogP contribution >= 0.6 is 0 Å². The molecule has 5 atom stereocenters. The molecule has 6 nitrogen and oxygen atoms in total. The van der Waals surface area contributed by atoms with Gasteiger partial charge in [0.25, 0.3) is 5.91 Å². The maximum Gasteiger partial charge on any atom is 0.254 e. The molecule has 1 saturated heterocycles. The number of aromatic nitrogens is 1. The molecule has 1 spiro atoms. The molecule has 4 aromatic rings. The normalized spacial score (nSPS) is 31.6. The number of ether oxygens (including phenoxy) is 1. The Morgan fingerprint density at radius 3 is 2.57 bits per heavy atom. The van der Waals surface area contributed by atoms with Gasteiger partial charge < -0.3 is 19.3 Å². The molecule has 1 aromatic heterocycles. The number of aryl methyl sites for hydroxylation is 1. The number of rotatable bonds is 1. The van der Waals surface area contributed by atoms with E-state index in [4.69, 9.17) is 4.74 Å². The smallest absolute Gasteiger partial charge is 0.254 e. The second kappa shape index (κ2) is 6.50. The Kier molecular flexibility index (Phi) is 3.79. The Morgan fingerprint density at radius 2 is 1.78 bits per heavy atom. The van der Waals surface area contributed by atoms with Gasteiger partial charge in [0.05, 0.1) is 22.2 Å². The van der Waals surface area contributed by atoms with Crippen LogP contribution in [0.15, 0.2) is 48.5 Å². The van der Waals surface area contributed by atoms with Gasteiger partial charge in [-0.3, -0.25) is 9.59 Å². The first-order chi connectivity index (χ1) is 17.7. The average Bonchev–Trinajstić information content (AvgIpc) is 3.12. The van der Waals surface area contributed by atoms with Gasteiger partial charge in [-0.25, -0.2) is 0 Å². The second-order valence-corrected chi connectivity index (χ2v) is 11.6. The van der Waals surface area contributed by atoms with Gasteiger partial charge in [-0.05, 0) is 48.1 Å². The van der Waals surface area contributed by atoms with Crippen molar-refractivity contribution in [3.8, 4) is 11.1 Å². The largest absolute Gasteiger partial charge is 0.380 e. The molecule has 2 bridgehead atoms. The number of para-hydroxylation sites is 1. The average molecular weight is 493 g/mol. The summed E-state index contributed by atoms with van der Waals surface area (Å²) in [5, 5.41) is 13.5. The summed E-state index contributed by atoms with van der Waals surface area (Å²) < 4.78 is 9.01. The highest BCUT2D eigenvalue weighted by molar-refractivity contribution is 6.20. The van der Waals surface area contributed by atoms with Crippen molar-refractivity contribution in [3.05, 3.63) is 70.8 Å². The number of nitrogens with zero attached hydrogens (tertiary/aromatic N) is 2. The van der Waals surface area contributed by atoms with E-state index in [0.29, 0.717) is 6.54 Å². The fraction of sp³-hybridized carbons (Fsp3) is 0.355. The number of amides is 1. The lowest BCUT2D eigenvalue weighted by Gasteiger charge is -2.43. The van der Waals surface area contributed by atoms with Crippen LogP contribution in [0.2, 0.25) is 0 Å². The summed E-state index contributed by atoms with van der Waals surface area (Å²) in [6.45, 7) is 6.60. The van der Waals surface area contributed by atoms with Crippen molar-refractivity contribution in [3.63, 3.8) is 0 Å². The number of aliphatic hydroxyl groups is 1. The van der Waals surface area contributed by atoms with Crippen molar-refractivity contribution in [1.29, 1.82) is 0 Å². The molecule has 8 rings (SSSR count). The Labute approximate surface area is 214 Å². The van der Waals surface area contributed by atoms with Crippen LogP contribution in [0.3, 0.4) is 0 Å². The number of carbonyl (C=O) groups excluding carboxylic acids is 2. The van der Waals surface area contributed by atoms with Crippen LogP contribution in [0.4, 0.5) is 0 Å². The number of fused-ring (bicyclic) bond motifs is 8. The van der Waals surface area contributed by atoms with Crippen molar-refractivity contribution in [2.75, 3.05) is 7.05 Å². The fourth-order valence-electron chi connectivity index (χ4n) is 7.95. The molecule has 186 valence electrons. The number of aliphatic hydroxyl groups excluding tert-OH is 1. The predicted molar refractivity (Wildman–Crippen MR) is 140 cm³/mol. The minimum Gasteiger partial charge on any atom is -0.380 e. The third-order valence-corrected chi connectivity index (χ3v) is 9.73. The fourth-order valence-corrected chi connectivity index (χ4v) is 7.95. The molecule has 0 radical (unpaired) electrons. The molecule has 1 unspecified atom stereocenters. The SMILES string of the molecule is Cc1ccccc1-c1c2c(c3c4ccccc4n4c3c1[C@@H]1C(C)[C@]13CC(=O)[C@@H](O)[C@]4(C)O3)CN(C)C2=O. The lowest BCUT2D eigenvalue weighted by atomic mass is 9.84. The summed E-state index contributed by atoms with van der Waals surface area (Å²) in [4.78, 5) is 29.0. The molecule has 1 aliphatic carbocycles. The van der Waals surface area contributed by atoms with Gasteiger partial charge >= 0.3 is 0 Å². The molecule has 1 N–H and O–H groups in total. The van der Waals surface area contributed by atoms with E-state index in [1.165, 1.54) is 0 Å². The quantitative estimate of drug-likeness (QED) is 0.412. The van der Waals surface area contributed by atoms with Crippen LogP contribution in [0, 0.1) is 12.8 Å². The lowest BCUT2D eigenvalue weighted by Crippen LogP contribution is -2.56. The van der Waals surface area contributed by atoms with E-state index < -0.39 is 17.4 Å². The molecular weight excluding hydrogens is 464 g/mol. The molecule has 37 heavy (non-hydrogen) atoms. The maximum atomic E-state index is 13.8. The standard InChI is InChI=1S/C31H28N2O4/c1-15-9-5-6-10-17(15)23-24-19(14-32(4)29(24)36)22-18-11-7-8-12-20(18)33-27(22)25(23)26-16(2)31(26)13-21(34)28(35)30(33,3)37-31/h5-12,16,26,28,35H,13-14H2,1-4H3/t16?,26-,28+,30-,31+/m0/s1. The first kappa shape index (κ1) is 21.6. The monoisotopic (exact) mass is 492 g/mol. The molecule has 4 aliphatic rings. The Balaban J connectivity index is 1.68. The summed E-state index contributed by atoms with van der Waals surface area (Å²) in [5.74, 6) is -0.132. The van der Waals surface area contributed by atoms with Crippen molar-refractivity contribution < 1.29 is 19.4 Å². The third kappa shape index (κ3) is 2.27. The minimum absolute atomic E-state index is 0.0287. The zero-order valence-corrected chi connectivity index (χ0v) is 21.3. The number of hydrogen-bond acceptors (Lipinski definition) is 4. The van der Waals surface area contributed by atoms with E-state index in [1.54, 1.807) is 4.90 Å². The number of carbonyl (C=O) groups is 2. The summed E-state index contributed by atoms with van der Waals surface area (Å²) in [6, 6.07) is 16.3. The van der Waals surface area contributed by atoms with Crippen LogP contribution in [-0.2, 0) is 21.8 Å². The summed E-state index contributed by atoms with van der Waals surface area (Å²) in [7, 11) is 1.86. The molecule has 2 fully saturated rings. The maximum absolute atomic E-state index is 13.8. The highest BCUT2D eigenvalue weighted by Gasteiger charge is 2.73. The third-order valence-electron chi connectivity index (χ3n) is 9.73. The zero-order chi connectivity index (χ0) is 25.6. The van der Waals surface area contributed by atoms with Gasteiger partial charge in [0.2, 0.25) is 0 Å². The summed E-state index contributed by atoms with van der Waals surface area (Å²) in [6.07, 6.45) is -1.10. The van der Waals surface area contributed by atoms with Crippen LogP contribution in [0.25, 0.3) is 32.9 Å². The van der Waals surface area contributed by atoms with E-state index in [1.807, 2.05) is 44.3 Å². The first-order valence-electron chi connectivity index (χ1n) is 13.1. The molecule has 1 amide bonds. The van der Waals surface area contributed by atoms with Crippen molar-refractivity contribution in [2.45, 2.75) is 57.1 Å². The van der Waals surface area contributed by atoms with E-state index in [9.17, 15) is 14.7 Å². The van der Waals surface area contributed by atoms with Gasteiger partial charge in [-0.15, -0.1) is 0 Å². The van der Waals surface area contributed by atoms with Crippen molar-refractivity contribution >= 4 is 33.5 Å². The number of hydrogen-bond donors (Lipinski definition) is 1. The van der Waals surface area contributed by atoms with Crippen LogP contribution in [0.1, 0.15) is 53.2 Å². The van der Waals surface area contributed by atoms with Crippen molar-refractivity contribution in [2.24, 2.45) is 5.92 Å². The number of ketones is 1. The van der Waals surface area contributed by atoms with Gasteiger partial charge in [-0.2, -0.15) is 0 Å². The van der Waals surface area contributed by atoms with Gasteiger partial charge in [-0.1, -0.05) is 49.4 Å². The Hall–Kier alpha value is -3.48. The molecule has 3 aliphatic heterocycles. The van der Waals surface area contributed by atoms with Gasteiger partial charge in [0, 0.05) is 42.3 Å². The molecule has 3 aromatic carbocycles. The highest BCUT2D eigenvalue weighted by atomic mass is 16.6. The van der Waals surface area contributed by atoms with Gasteiger partial charge in [0.15, 0.2) is 17.6 Å². The summed E-state index contributed by atoms with van der Waals surface area (Å²) >= 11 is 0. The van der Waals surface area contributed by atoms with E-state index in [2.05, 4.69) is 36.6 Å². The number of benzene rings is 3. The van der Waals surface area contributed by atoms with E-state index >= 15 is 0 Å². The van der Waals surface area contributed by atoms with Crippen molar-refractivity contribution in [1.82, 2.24) is 9.47 Å². The second-order valence-electron chi connectivity index (χ2n) is 11.6. The Morgan fingerprint density at radius 1 is 1.05 bits per heavy atom. The molecule has 1 saturated carbocycles. The molecule has 6 heteroatoms. The zero-order valence-electron chi connectivity index (χ0n) is 21.3. The molecule has 4 heterocycles. The van der Waals surface area contributed by atoms with E-state index in [0.717, 1.165) is 55.2 Å². The lowest BCUT2D eigenvalue weighted by molar-refractivity contribution is -0.228. The first-order valence-corrected chi connectivity index (χ1v) is 13.1. The minimum atomic E-state index is -1.28. The van der Waals surface area contributed by atoms with E-state index in [-0.39, 0.29) is 29.9 Å². The number of Topliss-reactive ketones (excluding diaryl/α,β-unsaturated/α-hetero) is 1. The molecular formula is C31H28N2O4. The Bertz CT molecular complexity index is 1750. The van der Waals surface area contributed by atoms with Crippen LogP contribution in [0.5, 0.6) is 0 Å². The predicted octanol–water partition coefficient (Wildman–Crippen LogP) is 4.86. The van der Waals surface area contributed by atoms with Crippen LogP contribution in [-0.4, -0.2) is 45.0 Å². The summed E-state index contributed by atoms with van der Waals surface area (Å²) in [5.41, 5.74) is 5.93. The van der Waals surface area contributed by atoms with Gasteiger partial charge in [0.1, 0.15) is 0 Å². The topological polar surface area (TPSA) is 71.8 Å².